The summed E-state index contributed by atoms with van der Waals surface area (Å²) in [6, 6.07) is 15.4. The van der Waals surface area contributed by atoms with E-state index in [4.69, 9.17) is 9.84 Å². The number of nitrogens with one attached hydrogen (secondary N) is 2. The highest BCUT2D eigenvalue weighted by atomic mass is 16.5. The van der Waals surface area contributed by atoms with Gasteiger partial charge in [-0.1, -0.05) is 68.5 Å². The number of carboxylic acids is 1. The van der Waals surface area contributed by atoms with Crippen LogP contribution >= 0.6 is 0 Å². The zero-order valence-electron chi connectivity index (χ0n) is 18.2. The maximum Gasteiger partial charge on any atom is 0.407 e. The van der Waals surface area contributed by atoms with Crippen LogP contribution in [0, 0.1) is 5.92 Å². The van der Waals surface area contributed by atoms with Crippen LogP contribution in [-0.2, 0) is 14.3 Å². The third-order valence-electron chi connectivity index (χ3n) is 5.31. The van der Waals surface area contributed by atoms with Gasteiger partial charge in [0.05, 0.1) is 0 Å². The van der Waals surface area contributed by atoms with E-state index < -0.39 is 18.1 Å². The van der Waals surface area contributed by atoms with Gasteiger partial charge in [0.1, 0.15) is 12.6 Å². The van der Waals surface area contributed by atoms with Crippen molar-refractivity contribution >= 4 is 18.0 Å². The van der Waals surface area contributed by atoms with Gasteiger partial charge in [0.2, 0.25) is 5.91 Å². The number of hydrogen-bond acceptors (Lipinski definition) is 4. The fraction of sp³-hybridized carbons (Fsp3) is 0.320. The number of carbonyl (C=O) groups excluding carboxylic acids is 2. The van der Waals surface area contributed by atoms with Crippen LogP contribution < -0.4 is 10.6 Å². The monoisotopic (exact) mass is 436 g/mol. The Morgan fingerprint density at radius 2 is 1.62 bits per heavy atom. The number of benzene rings is 2. The van der Waals surface area contributed by atoms with Crippen molar-refractivity contribution in [2.24, 2.45) is 5.92 Å². The predicted octanol–water partition coefficient (Wildman–Crippen LogP) is 3.70. The van der Waals surface area contributed by atoms with Gasteiger partial charge < -0.3 is 20.5 Å². The minimum absolute atomic E-state index is 0.0616. The third kappa shape index (κ3) is 5.75. The van der Waals surface area contributed by atoms with Crippen LogP contribution in [0.2, 0.25) is 0 Å². The fourth-order valence-electron chi connectivity index (χ4n) is 3.93. The van der Waals surface area contributed by atoms with Gasteiger partial charge in [-0.05, 0) is 34.6 Å². The van der Waals surface area contributed by atoms with E-state index in [1.165, 1.54) is 6.08 Å². The van der Waals surface area contributed by atoms with E-state index in [9.17, 15) is 14.4 Å². The quantitative estimate of drug-likeness (QED) is 0.520. The molecule has 32 heavy (non-hydrogen) atoms. The Bertz CT molecular complexity index is 969. The van der Waals surface area contributed by atoms with Gasteiger partial charge in [0.25, 0.3) is 0 Å². The number of fused-ring (bicyclic) bond motifs is 3. The number of carboxylic acid groups (broad SMARTS) is 1. The lowest BCUT2D eigenvalue weighted by Gasteiger charge is -2.20. The Labute approximate surface area is 187 Å². The van der Waals surface area contributed by atoms with E-state index in [1.54, 1.807) is 0 Å². The van der Waals surface area contributed by atoms with Gasteiger partial charge in [-0.2, -0.15) is 0 Å². The van der Waals surface area contributed by atoms with Gasteiger partial charge in [-0.3, -0.25) is 4.79 Å². The molecule has 1 atom stereocenters. The van der Waals surface area contributed by atoms with Crippen LogP contribution in [0.25, 0.3) is 11.1 Å². The first-order valence-electron chi connectivity index (χ1n) is 10.7. The zero-order valence-corrected chi connectivity index (χ0v) is 18.2. The average Bonchev–Trinajstić information content (AvgIpc) is 3.08. The highest BCUT2D eigenvalue weighted by Crippen LogP contribution is 2.44. The molecule has 2 amide bonds. The third-order valence-corrected chi connectivity index (χ3v) is 5.31. The minimum atomic E-state index is -1.09. The lowest BCUT2D eigenvalue weighted by atomic mass is 9.98. The van der Waals surface area contributed by atoms with Gasteiger partial charge >= 0.3 is 12.1 Å². The predicted molar refractivity (Wildman–Crippen MR) is 121 cm³/mol. The summed E-state index contributed by atoms with van der Waals surface area (Å²) in [4.78, 5) is 35.5. The Balaban J connectivity index is 1.62. The van der Waals surface area contributed by atoms with Crippen molar-refractivity contribution in [3.05, 3.63) is 71.8 Å². The number of alkyl carbamates (subject to hydrolysis) is 1. The molecular formula is C25H28N2O5. The van der Waals surface area contributed by atoms with Crippen molar-refractivity contribution in [1.82, 2.24) is 10.6 Å². The lowest BCUT2D eigenvalue weighted by molar-refractivity contribution is -0.131. The Morgan fingerprint density at radius 1 is 1.03 bits per heavy atom. The first kappa shape index (κ1) is 23.1. The molecule has 3 N–H and O–H groups in total. The molecule has 1 aliphatic rings. The maximum atomic E-state index is 12.5. The second-order valence-corrected chi connectivity index (χ2v) is 8.14. The molecule has 7 heteroatoms. The van der Waals surface area contributed by atoms with Crippen LogP contribution in [0.5, 0.6) is 0 Å². The molecule has 2 aromatic rings. The normalized spacial score (nSPS) is 13.5. The molecule has 168 valence electrons. The summed E-state index contributed by atoms with van der Waals surface area (Å²) in [5.74, 6) is -1.38. The van der Waals surface area contributed by atoms with E-state index in [0.29, 0.717) is 6.42 Å². The zero-order chi connectivity index (χ0) is 23.1. The van der Waals surface area contributed by atoms with Crippen LogP contribution in [0.3, 0.4) is 0 Å². The molecular weight excluding hydrogens is 408 g/mol. The molecule has 0 radical (unpaired) electrons. The first-order valence-corrected chi connectivity index (χ1v) is 10.7. The second-order valence-electron chi connectivity index (χ2n) is 8.14. The highest BCUT2D eigenvalue weighted by molar-refractivity contribution is 5.86. The van der Waals surface area contributed by atoms with E-state index in [0.717, 1.165) is 28.3 Å². The number of carbonyl (C=O) groups is 3. The van der Waals surface area contributed by atoms with E-state index in [1.807, 2.05) is 50.2 Å². The van der Waals surface area contributed by atoms with Crippen LogP contribution in [0.1, 0.15) is 37.3 Å². The smallest absolute Gasteiger partial charge is 0.407 e. The van der Waals surface area contributed by atoms with Crippen molar-refractivity contribution < 1.29 is 24.2 Å². The summed E-state index contributed by atoms with van der Waals surface area (Å²) in [6.45, 7) is 4.12. The second kappa shape index (κ2) is 10.6. The van der Waals surface area contributed by atoms with Crippen LogP contribution in [0.4, 0.5) is 4.79 Å². The van der Waals surface area contributed by atoms with Gasteiger partial charge in [0, 0.05) is 18.5 Å². The molecule has 0 fully saturated rings. The van der Waals surface area contributed by atoms with Crippen LogP contribution in [0.15, 0.2) is 60.7 Å². The molecule has 0 saturated heterocycles. The molecule has 0 aliphatic heterocycles. The van der Waals surface area contributed by atoms with Gasteiger partial charge in [-0.25, -0.2) is 9.59 Å². The summed E-state index contributed by atoms with van der Waals surface area (Å²) in [6.07, 6.45) is 2.06. The summed E-state index contributed by atoms with van der Waals surface area (Å²) >= 11 is 0. The number of ether oxygens (including phenoxy) is 1. The van der Waals surface area contributed by atoms with Crippen molar-refractivity contribution in [2.45, 2.75) is 32.2 Å². The molecule has 7 nitrogen and oxygen atoms in total. The topological polar surface area (TPSA) is 105 Å². The van der Waals surface area contributed by atoms with Gasteiger partial charge in [0.15, 0.2) is 0 Å². The van der Waals surface area contributed by atoms with Crippen molar-refractivity contribution in [3.8, 4) is 11.1 Å². The van der Waals surface area contributed by atoms with E-state index in [-0.39, 0.29) is 30.9 Å². The number of rotatable bonds is 9. The standard InChI is InChI=1S/C25H28N2O5/c1-16(2)14-22(24(30)26-13-7-12-23(28)29)27-25(31)32-15-21-19-10-5-3-8-17(19)18-9-4-6-11-20(18)21/h3-12,16,21-22H,13-15H2,1-2H3,(H,26,30)(H,27,31)(H,28,29)/b12-7+. The maximum absolute atomic E-state index is 12.5. The Morgan fingerprint density at radius 3 is 2.19 bits per heavy atom. The van der Waals surface area contributed by atoms with E-state index >= 15 is 0 Å². The summed E-state index contributed by atoms with van der Waals surface area (Å²) in [7, 11) is 0. The van der Waals surface area contributed by atoms with E-state index in [2.05, 4.69) is 22.8 Å². The van der Waals surface area contributed by atoms with Crippen molar-refractivity contribution in [2.75, 3.05) is 13.2 Å². The SMILES string of the molecule is CC(C)CC(NC(=O)OCC1c2ccccc2-c2ccccc21)C(=O)NC/C=C/C(=O)O. The molecule has 0 heterocycles. The molecule has 3 rings (SSSR count). The average molecular weight is 437 g/mol. The highest BCUT2D eigenvalue weighted by Gasteiger charge is 2.29. The fourth-order valence-corrected chi connectivity index (χ4v) is 3.93. The largest absolute Gasteiger partial charge is 0.478 e. The molecule has 0 bridgehead atoms. The number of amides is 2. The Hall–Kier alpha value is -3.61. The summed E-state index contributed by atoms with van der Waals surface area (Å²) in [5.41, 5.74) is 4.51. The molecule has 0 aromatic heterocycles. The summed E-state index contributed by atoms with van der Waals surface area (Å²) in [5, 5.41) is 13.9. The molecule has 1 unspecified atom stereocenters. The lowest BCUT2D eigenvalue weighted by Crippen LogP contribution is -2.47. The molecule has 0 saturated carbocycles. The van der Waals surface area contributed by atoms with Crippen molar-refractivity contribution in [1.29, 1.82) is 0 Å². The molecule has 1 aliphatic carbocycles. The number of hydrogen-bond donors (Lipinski definition) is 3. The number of aliphatic carboxylic acids is 1. The summed E-state index contributed by atoms with van der Waals surface area (Å²) < 4.78 is 5.54. The first-order chi connectivity index (χ1) is 15.4. The Kier molecular flexibility index (Phi) is 7.65. The van der Waals surface area contributed by atoms with Crippen molar-refractivity contribution in [3.63, 3.8) is 0 Å². The molecule has 2 aromatic carbocycles. The van der Waals surface area contributed by atoms with Crippen LogP contribution in [-0.4, -0.2) is 42.3 Å². The minimum Gasteiger partial charge on any atom is -0.478 e. The van der Waals surface area contributed by atoms with Gasteiger partial charge in [-0.15, -0.1) is 0 Å². The molecule has 0 spiro atoms.